The lowest BCUT2D eigenvalue weighted by Crippen LogP contribution is -2.07. The highest BCUT2D eigenvalue weighted by atomic mass is 19.1. The smallest absolute Gasteiger partial charge is 0.130 e. The molecule has 0 fully saturated rings. The minimum absolute atomic E-state index is 0.265. The molecule has 0 bridgehead atoms. The summed E-state index contributed by atoms with van der Waals surface area (Å²) in [6, 6.07) is 8.23. The number of rotatable bonds is 3. The first-order chi connectivity index (χ1) is 8.19. The molecule has 4 heteroatoms. The molecule has 1 aromatic carbocycles. The van der Waals surface area contributed by atoms with Gasteiger partial charge in [-0.3, -0.25) is 0 Å². The summed E-state index contributed by atoms with van der Waals surface area (Å²) in [7, 11) is 0. The summed E-state index contributed by atoms with van der Waals surface area (Å²) in [5, 5.41) is 0. The largest absolute Gasteiger partial charge is 0.330 e. The van der Waals surface area contributed by atoms with E-state index in [2.05, 4.69) is 9.97 Å². The standard InChI is InChI=1S/C13H14FN3/c1-9-7-12(17-13(16-9)5-6-15)10-3-2-4-11(14)8-10/h2-4,7-8H,5-6,15H2,1H3. The van der Waals surface area contributed by atoms with Gasteiger partial charge in [0.25, 0.3) is 0 Å². The molecule has 1 heterocycles. The monoisotopic (exact) mass is 231 g/mol. The number of hydrogen-bond acceptors (Lipinski definition) is 3. The fourth-order valence-electron chi connectivity index (χ4n) is 1.67. The third-order valence-electron chi connectivity index (χ3n) is 2.39. The number of benzene rings is 1. The predicted molar refractivity (Wildman–Crippen MR) is 64.9 cm³/mol. The van der Waals surface area contributed by atoms with Crippen LogP contribution in [0.25, 0.3) is 11.3 Å². The molecular weight excluding hydrogens is 217 g/mol. The second kappa shape index (κ2) is 5.01. The quantitative estimate of drug-likeness (QED) is 0.880. The highest BCUT2D eigenvalue weighted by Gasteiger charge is 2.05. The SMILES string of the molecule is Cc1cc(-c2cccc(F)c2)nc(CCN)n1. The van der Waals surface area contributed by atoms with Crippen LogP contribution in [0.5, 0.6) is 0 Å². The van der Waals surface area contributed by atoms with Crippen molar-refractivity contribution in [2.75, 3.05) is 6.54 Å². The summed E-state index contributed by atoms with van der Waals surface area (Å²) in [5.41, 5.74) is 7.84. The molecule has 0 atom stereocenters. The van der Waals surface area contributed by atoms with Gasteiger partial charge >= 0.3 is 0 Å². The number of nitrogens with two attached hydrogens (primary N) is 1. The van der Waals surface area contributed by atoms with Gasteiger partial charge in [-0.05, 0) is 31.7 Å². The van der Waals surface area contributed by atoms with E-state index in [0.29, 0.717) is 18.8 Å². The van der Waals surface area contributed by atoms with Crippen LogP contribution < -0.4 is 5.73 Å². The average Bonchev–Trinajstić information content (AvgIpc) is 2.28. The first kappa shape index (κ1) is 11.7. The highest BCUT2D eigenvalue weighted by molar-refractivity contribution is 5.59. The van der Waals surface area contributed by atoms with Crippen molar-refractivity contribution in [3.05, 3.63) is 47.7 Å². The minimum atomic E-state index is -0.265. The molecule has 2 aromatic rings. The minimum Gasteiger partial charge on any atom is -0.330 e. The van der Waals surface area contributed by atoms with Crippen LogP contribution in [0.2, 0.25) is 0 Å². The third-order valence-corrected chi connectivity index (χ3v) is 2.39. The van der Waals surface area contributed by atoms with Crippen LogP contribution in [0.4, 0.5) is 4.39 Å². The van der Waals surface area contributed by atoms with Gasteiger partial charge in [0.15, 0.2) is 0 Å². The lowest BCUT2D eigenvalue weighted by molar-refractivity contribution is 0.628. The lowest BCUT2D eigenvalue weighted by Gasteiger charge is -2.05. The van der Waals surface area contributed by atoms with Crippen LogP contribution in [-0.2, 0) is 6.42 Å². The highest BCUT2D eigenvalue weighted by Crippen LogP contribution is 2.18. The van der Waals surface area contributed by atoms with Gasteiger partial charge in [0, 0.05) is 17.7 Å². The zero-order valence-corrected chi connectivity index (χ0v) is 9.65. The summed E-state index contributed by atoms with van der Waals surface area (Å²) >= 11 is 0. The molecule has 0 aliphatic rings. The number of hydrogen-bond donors (Lipinski definition) is 1. The Kier molecular flexibility index (Phi) is 3.44. The Morgan fingerprint density at radius 3 is 2.76 bits per heavy atom. The second-order valence-corrected chi connectivity index (χ2v) is 3.86. The van der Waals surface area contributed by atoms with Crippen molar-refractivity contribution in [1.29, 1.82) is 0 Å². The summed E-state index contributed by atoms with van der Waals surface area (Å²) < 4.78 is 13.1. The van der Waals surface area contributed by atoms with Gasteiger partial charge in [-0.15, -0.1) is 0 Å². The summed E-state index contributed by atoms with van der Waals surface area (Å²) in [6.45, 7) is 2.40. The molecule has 0 aliphatic carbocycles. The van der Waals surface area contributed by atoms with Crippen LogP contribution in [-0.4, -0.2) is 16.5 Å². The average molecular weight is 231 g/mol. The van der Waals surface area contributed by atoms with Gasteiger partial charge in [-0.2, -0.15) is 0 Å². The zero-order valence-electron chi connectivity index (χ0n) is 9.65. The molecule has 0 saturated carbocycles. The fourth-order valence-corrected chi connectivity index (χ4v) is 1.67. The number of aryl methyl sites for hydroxylation is 1. The predicted octanol–water partition coefficient (Wildman–Crippen LogP) is 2.09. The first-order valence-corrected chi connectivity index (χ1v) is 5.49. The first-order valence-electron chi connectivity index (χ1n) is 5.49. The number of aromatic nitrogens is 2. The van der Waals surface area contributed by atoms with E-state index in [4.69, 9.17) is 5.73 Å². The van der Waals surface area contributed by atoms with Crippen LogP contribution in [0, 0.1) is 12.7 Å². The molecular formula is C13H14FN3. The van der Waals surface area contributed by atoms with E-state index >= 15 is 0 Å². The van der Waals surface area contributed by atoms with Gasteiger partial charge in [0.2, 0.25) is 0 Å². The molecule has 3 nitrogen and oxygen atoms in total. The third kappa shape index (κ3) is 2.85. The van der Waals surface area contributed by atoms with Crippen LogP contribution in [0.15, 0.2) is 30.3 Å². The Bertz CT molecular complexity index is 526. The van der Waals surface area contributed by atoms with Crippen molar-refractivity contribution in [1.82, 2.24) is 9.97 Å². The maximum absolute atomic E-state index is 13.1. The van der Waals surface area contributed by atoms with Gasteiger partial charge in [-0.25, -0.2) is 14.4 Å². The van der Waals surface area contributed by atoms with Crippen LogP contribution >= 0.6 is 0 Å². The summed E-state index contributed by atoms with van der Waals surface area (Å²) in [6.07, 6.45) is 0.629. The number of nitrogens with zero attached hydrogens (tertiary/aromatic N) is 2. The van der Waals surface area contributed by atoms with Gasteiger partial charge in [-0.1, -0.05) is 12.1 Å². The van der Waals surface area contributed by atoms with Gasteiger partial charge < -0.3 is 5.73 Å². The molecule has 0 amide bonds. The maximum Gasteiger partial charge on any atom is 0.130 e. The van der Waals surface area contributed by atoms with Gasteiger partial charge in [0.05, 0.1) is 5.69 Å². The molecule has 2 rings (SSSR count). The van der Waals surface area contributed by atoms with E-state index < -0.39 is 0 Å². The van der Waals surface area contributed by atoms with Gasteiger partial charge in [0.1, 0.15) is 11.6 Å². The molecule has 1 aromatic heterocycles. The van der Waals surface area contributed by atoms with Crippen molar-refractivity contribution in [2.45, 2.75) is 13.3 Å². The maximum atomic E-state index is 13.1. The number of halogens is 1. The molecule has 88 valence electrons. The molecule has 0 saturated heterocycles. The zero-order chi connectivity index (χ0) is 12.3. The van der Waals surface area contributed by atoms with Crippen LogP contribution in [0.1, 0.15) is 11.5 Å². The van der Waals surface area contributed by atoms with Crippen molar-refractivity contribution >= 4 is 0 Å². The molecule has 0 radical (unpaired) electrons. The van der Waals surface area contributed by atoms with E-state index in [0.717, 1.165) is 17.0 Å². The Labute approximate surface area is 99.5 Å². The molecule has 0 spiro atoms. The lowest BCUT2D eigenvalue weighted by atomic mass is 10.1. The van der Waals surface area contributed by atoms with E-state index in [9.17, 15) is 4.39 Å². The van der Waals surface area contributed by atoms with E-state index in [-0.39, 0.29) is 5.82 Å². The molecule has 17 heavy (non-hydrogen) atoms. The van der Waals surface area contributed by atoms with Crippen molar-refractivity contribution in [2.24, 2.45) is 5.73 Å². The molecule has 0 unspecified atom stereocenters. The van der Waals surface area contributed by atoms with Crippen molar-refractivity contribution < 1.29 is 4.39 Å². The fraction of sp³-hybridized carbons (Fsp3) is 0.231. The normalized spacial score (nSPS) is 10.5. The summed E-state index contributed by atoms with van der Waals surface area (Å²) in [4.78, 5) is 8.66. The Balaban J connectivity index is 2.44. The van der Waals surface area contributed by atoms with Crippen LogP contribution in [0.3, 0.4) is 0 Å². The Hall–Kier alpha value is -1.81. The molecule has 2 N–H and O–H groups in total. The summed E-state index contributed by atoms with van der Waals surface area (Å²) in [5.74, 6) is 0.436. The Morgan fingerprint density at radius 2 is 2.06 bits per heavy atom. The van der Waals surface area contributed by atoms with E-state index in [1.807, 2.05) is 19.1 Å². The Morgan fingerprint density at radius 1 is 1.24 bits per heavy atom. The molecule has 0 aliphatic heterocycles. The van der Waals surface area contributed by atoms with Crippen molar-refractivity contribution in [3.63, 3.8) is 0 Å². The van der Waals surface area contributed by atoms with E-state index in [1.54, 1.807) is 6.07 Å². The van der Waals surface area contributed by atoms with E-state index in [1.165, 1.54) is 12.1 Å². The van der Waals surface area contributed by atoms with Crippen molar-refractivity contribution in [3.8, 4) is 11.3 Å². The topological polar surface area (TPSA) is 51.8 Å². The second-order valence-electron chi connectivity index (χ2n) is 3.86.